The van der Waals surface area contributed by atoms with Gasteiger partial charge in [-0.2, -0.15) is 0 Å². The molecule has 0 unspecified atom stereocenters. The lowest BCUT2D eigenvalue weighted by Crippen LogP contribution is -2.32. The second-order valence-corrected chi connectivity index (χ2v) is 16.9. The Balaban J connectivity index is 1.19. The summed E-state index contributed by atoms with van der Waals surface area (Å²) in [6.45, 7) is 0. The summed E-state index contributed by atoms with van der Waals surface area (Å²) in [4.78, 5) is 5.14. The molecule has 0 atom stereocenters. The summed E-state index contributed by atoms with van der Waals surface area (Å²) >= 11 is 3.77. The quantitative estimate of drug-likeness (QED) is 0.176. The number of thiophene rings is 1. The normalized spacial score (nSPS) is 13.4. The van der Waals surface area contributed by atoms with Gasteiger partial charge in [-0.3, -0.25) is 0 Å². The Labute approximate surface area is 334 Å². The number of hydrogen-bond acceptors (Lipinski definition) is 3. The highest BCUT2D eigenvalue weighted by molar-refractivity contribution is 7.99. The van der Waals surface area contributed by atoms with Crippen LogP contribution in [0.5, 0.6) is 0 Å². The Kier molecular flexibility index (Phi) is 7.01. The third-order valence-electron chi connectivity index (χ3n) is 11.9. The molecule has 0 saturated carbocycles. The molecule has 3 heteroatoms. The summed E-state index contributed by atoms with van der Waals surface area (Å²) in [5, 5.41) is 5.15. The molecule has 1 spiro atoms. The van der Waals surface area contributed by atoms with Crippen LogP contribution in [0.25, 0.3) is 53.2 Å². The van der Waals surface area contributed by atoms with Crippen LogP contribution in [0.1, 0.15) is 22.3 Å². The van der Waals surface area contributed by atoms with E-state index in [4.69, 9.17) is 0 Å². The van der Waals surface area contributed by atoms with Gasteiger partial charge in [-0.05, 0) is 98.2 Å². The largest absolute Gasteiger partial charge is 0.310 e. The smallest absolute Gasteiger partial charge is 0.0736 e. The van der Waals surface area contributed by atoms with E-state index in [2.05, 4.69) is 205 Å². The lowest BCUT2D eigenvalue weighted by Gasteiger charge is -2.39. The van der Waals surface area contributed by atoms with E-state index in [0.29, 0.717) is 0 Å². The van der Waals surface area contributed by atoms with Gasteiger partial charge in [0.15, 0.2) is 0 Å². The lowest BCUT2D eigenvalue weighted by atomic mass is 9.67. The van der Waals surface area contributed by atoms with Crippen LogP contribution < -0.4 is 4.90 Å². The first kappa shape index (κ1) is 31.9. The number of anilines is 3. The fraction of sp³-hybridized carbons (Fsp3) is 0.0189. The van der Waals surface area contributed by atoms with Crippen LogP contribution in [-0.4, -0.2) is 0 Å². The summed E-state index contributed by atoms with van der Waals surface area (Å²) in [5.74, 6) is 0. The molecule has 1 nitrogen and oxygen atoms in total. The van der Waals surface area contributed by atoms with Crippen molar-refractivity contribution in [3.63, 3.8) is 0 Å². The Bertz CT molecular complexity index is 3130. The molecule has 0 fully saturated rings. The highest BCUT2D eigenvalue weighted by Crippen LogP contribution is 2.65. The number of nitrogens with zero attached hydrogens (tertiary/aromatic N) is 1. The zero-order chi connectivity index (χ0) is 36.8. The summed E-state index contributed by atoms with van der Waals surface area (Å²) in [5.41, 5.74) is 13.4. The Morgan fingerprint density at radius 2 is 0.982 bits per heavy atom. The van der Waals surface area contributed by atoms with Gasteiger partial charge in [-0.15, -0.1) is 11.3 Å². The van der Waals surface area contributed by atoms with Gasteiger partial charge in [-0.25, -0.2) is 0 Å². The van der Waals surface area contributed by atoms with E-state index < -0.39 is 5.41 Å². The van der Waals surface area contributed by atoms with Crippen LogP contribution >= 0.6 is 23.1 Å². The van der Waals surface area contributed by atoms with Crippen molar-refractivity contribution in [2.24, 2.45) is 0 Å². The third kappa shape index (κ3) is 4.50. The molecule has 262 valence electrons. The summed E-state index contributed by atoms with van der Waals surface area (Å²) in [6, 6.07) is 74.6. The maximum absolute atomic E-state index is 2.51. The zero-order valence-electron chi connectivity index (χ0n) is 30.3. The molecule has 0 radical (unpaired) electrons. The molecule has 56 heavy (non-hydrogen) atoms. The van der Waals surface area contributed by atoms with Gasteiger partial charge in [0.2, 0.25) is 0 Å². The highest BCUT2D eigenvalue weighted by atomic mass is 32.2. The SMILES string of the molecule is c1ccc(-c2ccc(N(c3ccc4c(c3)sc3ccccc34)c3cccc4c3-c3c(ccc5ccccc35)C43c4ccccc4Sc4ccccc43)cc2)cc1. The summed E-state index contributed by atoms with van der Waals surface area (Å²) in [7, 11) is 0. The number of hydrogen-bond donors (Lipinski definition) is 0. The standard InChI is InChI=1S/C53H33NS2/c1-2-13-34(14-3-1)35-25-28-37(29-26-35)54(38-30-31-41-40-17-6-9-22-47(40)55-50(41)33-38)46-21-12-20-44-52(46)51-39-16-5-4-15-36(39)27-32-45(51)53(44)42-18-7-10-23-48(42)56-49-24-11-8-19-43(49)53/h1-33H. The van der Waals surface area contributed by atoms with E-state index in [-0.39, 0.29) is 0 Å². The first-order valence-electron chi connectivity index (χ1n) is 19.2. The topological polar surface area (TPSA) is 3.24 Å². The van der Waals surface area contributed by atoms with Crippen molar-refractivity contribution in [3.8, 4) is 22.3 Å². The zero-order valence-corrected chi connectivity index (χ0v) is 31.9. The van der Waals surface area contributed by atoms with Crippen molar-refractivity contribution in [3.05, 3.63) is 222 Å². The third-order valence-corrected chi connectivity index (χ3v) is 14.2. The molecule has 0 N–H and O–H groups in total. The molecule has 9 aromatic carbocycles. The molecule has 2 aliphatic rings. The minimum Gasteiger partial charge on any atom is -0.310 e. The molecule has 12 rings (SSSR count). The van der Waals surface area contributed by atoms with E-state index in [0.717, 1.165) is 11.4 Å². The summed E-state index contributed by atoms with van der Waals surface area (Å²) in [6.07, 6.45) is 0. The predicted molar refractivity (Wildman–Crippen MR) is 238 cm³/mol. The first-order chi connectivity index (χ1) is 27.8. The molecular weight excluding hydrogens is 715 g/mol. The van der Waals surface area contributed by atoms with E-state index in [1.165, 1.54) is 90.9 Å². The average Bonchev–Trinajstić information content (AvgIpc) is 3.78. The molecule has 1 aliphatic carbocycles. The van der Waals surface area contributed by atoms with Crippen molar-refractivity contribution < 1.29 is 0 Å². The minimum atomic E-state index is -0.485. The van der Waals surface area contributed by atoms with Gasteiger partial charge in [0, 0.05) is 46.9 Å². The van der Waals surface area contributed by atoms with Crippen molar-refractivity contribution in [2.75, 3.05) is 4.90 Å². The molecule has 0 saturated heterocycles. The van der Waals surface area contributed by atoms with Crippen molar-refractivity contribution in [2.45, 2.75) is 15.2 Å². The second kappa shape index (κ2) is 12.3. The van der Waals surface area contributed by atoms with Crippen LogP contribution in [0.15, 0.2) is 210 Å². The van der Waals surface area contributed by atoms with Gasteiger partial charge in [0.25, 0.3) is 0 Å². The maximum Gasteiger partial charge on any atom is 0.0736 e. The fourth-order valence-corrected chi connectivity index (χ4v) is 11.9. The molecular formula is C53H33NS2. The van der Waals surface area contributed by atoms with Gasteiger partial charge in [0.1, 0.15) is 0 Å². The van der Waals surface area contributed by atoms with E-state index in [9.17, 15) is 0 Å². The van der Waals surface area contributed by atoms with E-state index in [1.807, 2.05) is 23.1 Å². The number of fused-ring (bicyclic) bond motifs is 14. The van der Waals surface area contributed by atoms with E-state index in [1.54, 1.807) is 0 Å². The van der Waals surface area contributed by atoms with Crippen LogP contribution in [0, 0.1) is 0 Å². The van der Waals surface area contributed by atoms with Gasteiger partial charge in [0.05, 0.1) is 11.1 Å². The number of rotatable bonds is 4. The molecule has 1 aromatic heterocycles. The van der Waals surface area contributed by atoms with Crippen LogP contribution in [-0.2, 0) is 5.41 Å². The van der Waals surface area contributed by atoms with Crippen molar-refractivity contribution >= 4 is 71.1 Å². The monoisotopic (exact) mass is 747 g/mol. The first-order valence-corrected chi connectivity index (χ1v) is 20.8. The van der Waals surface area contributed by atoms with Gasteiger partial charge in [-0.1, -0.05) is 163 Å². The highest BCUT2D eigenvalue weighted by Gasteiger charge is 2.51. The van der Waals surface area contributed by atoms with Crippen LogP contribution in [0.4, 0.5) is 17.1 Å². The minimum absolute atomic E-state index is 0.485. The van der Waals surface area contributed by atoms with Crippen LogP contribution in [0.2, 0.25) is 0 Å². The number of benzene rings is 9. The van der Waals surface area contributed by atoms with E-state index >= 15 is 0 Å². The predicted octanol–water partition coefficient (Wildman–Crippen LogP) is 15.2. The maximum atomic E-state index is 2.51. The molecule has 1 aliphatic heterocycles. The molecule has 0 amide bonds. The second-order valence-electron chi connectivity index (χ2n) is 14.8. The Hall–Kier alpha value is -6.39. The van der Waals surface area contributed by atoms with Crippen molar-refractivity contribution in [1.82, 2.24) is 0 Å². The van der Waals surface area contributed by atoms with Gasteiger partial charge >= 0.3 is 0 Å². The Morgan fingerprint density at radius 1 is 0.375 bits per heavy atom. The molecule has 2 heterocycles. The summed E-state index contributed by atoms with van der Waals surface area (Å²) < 4.78 is 2.60. The molecule has 0 bridgehead atoms. The van der Waals surface area contributed by atoms with Gasteiger partial charge < -0.3 is 4.90 Å². The average molecular weight is 748 g/mol. The fourth-order valence-electron chi connectivity index (χ4n) is 9.59. The Morgan fingerprint density at radius 3 is 1.79 bits per heavy atom. The molecule has 10 aromatic rings. The lowest BCUT2D eigenvalue weighted by molar-refractivity contribution is 0.723. The van der Waals surface area contributed by atoms with Crippen molar-refractivity contribution in [1.29, 1.82) is 0 Å². The van der Waals surface area contributed by atoms with Crippen LogP contribution in [0.3, 0.4) is 0 Å².